The zero-order valence-electron chi connectivity index (χ0n) is 9.33. The zero-order chi connectivity index (χ0) is 11.4. The van der Waals surface area contributed by atoms with Gasteiger partial charge in [-0.3, -0.25) is 0 Å². The van der Waals surface area contributed by atoms with Crippen LogP contribution in [-0.4, -0.2) is 13.2 Å². The van der Waals surface area contributed by atoms with Crippen molar-refractivity contribution in [2.45, 2.75) is 25.8 Å². The van der Waals surface area contributed by atoms with E-state index in [1.165, 1.54) is 14.2 Å². The van der Waals surface area contributed by atoms with Crippen molar-refractivity contribution >= 4 is 27.3 Å². The first kappa shape index (κ1) is 12.1. The monoisotopic (exact) mass is 301 g/mol. The number of rotatable bonds is 4. The van der Waals surface area contributed by atoms with E-state index in [2.05, 4.69) is 40.3 Å². The molecule has 2 rings (SSSR count). The van der Waals surface area contributed by atoms with Gasteiger partial charge in [0, 0.05) is 4.88 Å². The van der Waals surface area contributed by atoms with Crippen molar-refractivity contribution in [2.75, 3.05) is 13.2 Å². The van der Waals surface area contributed by atoms with Crippen LogP contribution in [0.3, 0.4) is 0 Å². The molecule has 1 atom stereocenters. The minimum atomic E-state index is 0.321. The molecule has 0 saturated carbocycles. The molecule has 0 aromatic carbocycles. The lowest BCUT2D eigenvalue weighted by Crippen LogP contribution is -2.23. The lowest BCUT2D eigenvalue weighted by Gasteiger charge is -2.23. The molecule has 0 bridgehead atoms. The molecule has 2 heterocycles. The third-order valence-corrected chi connectivity index (χ3v) is 4.31. The third-order valence-electron chi connectivity index (χ3n) is 2.62. The van der Waals surface area contributed by atoms with E-state index >= 15 is 0 Å². The molecule has 0 spiro atoms. The van der Waals surface area contributed by atoms with Gasteiger partial charge in [-0.05, 0) is 53.0 Å². The van der Waals surface area contributed by atoms with Crippen molar-refractivity contribution < 1.29 is 4.74 Å². The zero-order valence-corrected chi connectivity index (χ0v) is 11.7. The summed E-state index contributed by atoms with van der Waals surface area (Å²) in [4.78, 5) is 1.35. The Morgan fingerprint density at radius 3 is 3.00 bits per heavy atom. The molecule has 1 aliphatic heterocycles. The lowest BCUT2D eigenvalue weighted by atomic mass is 10.0. The molecule has 1 aliphatic rings. The molecule has 2 nitrogen and oxygen atoms in total. The van der Waals surface area contributed by atoms with Gasteiger partial charge >= 0.3 is 0 Å². The molecule has 0 aliphatic carbocycles. The summed E-state index contributed by atoms with van der Waals surface area (Å²) in [6.07, 6.45) is 4.19. The van der Waals surface area contributed by atoms with Gasteiger partial charge in [0.05, 0.1) is 22.7 Å². The molecule has 1 unspecified atom stereocenters. The Kier molecular flexibility index (Phi) is 4.44. The first-order valence-corrected chi connectivity index (χ1v) is 7.21. The van der Waals surface area contributed by atoms with E-state index in [1.807, 2.05) is 6.26 Å². The van der Waals surface area contributed by atoms with Crippen LogP contribution in [0.5, 0.6) is 0 Å². The topological polar surface area (TPSA) is 21.3 Å². The summed E-state index contributed by atoms with van der Waals surface area (Å²) in [6, 6.07) is 4.60. The maximum absolute atomic E-state index is 5.43. The molecule has 0 amide bonds. The summed E-state index contributed by atoms with van der Waals surface area (Å²) < 4.78 is 6.61. The van der Waals surface area contributed by atoms with Gasteiger partial charge in [-0.15, -0.1) is 11.3 Å². The highest BCUT2D eigenvalue weighted by Crippen LogP contribution is 2.33. The van der Waals surface area contributed by atoms with Gasteiger partial charge in [0.15, 0.2) is 0 Å². The highest BCUT2D eigenvalue weighted by atomic mass is 79.9. The van der Waals surface area contributed by atoms with E-state index in [-0.39, 0.29) is 0 Å². The van der Waals surface area contributed by atoms with Crippen LogP contribution < -0.4 is 5.32 Å². The second-order valence-corrected chi connectivity index (χ2v) is 6.29. The summed E-state index contributed by atoms with van der Waals surface area (Å²) in [6.45, 7) is 3.97. The molecule has 1 aromatic heterocycles. The molecule has 0 fully saturated rings. The average Bonchev–Trinajstić information content (AvgIpc) is 2.74. The molecule has 0 radical (unpaired) electrons. The van der Waals surface area contributed by atoms with E-state index in [0.717, 1.165) is 26.0 Å². The number of nitrogens with one attached hydrogen (secondary N) is 1. The van der Waals surface area contributed by atoms with Crippen LogP contribution in [0.4, 0.5) is 0 Å². The fraction of sp³-hybridized carbons (Fsp3) is 0.500. The minimum Gasteiger partial charge on any atom is -0.501 e. The predicted octanol–water partition coefficient (Wildman–Crippen LogP) is 3.86. The Morgan fingerprint density at radius 1 is 1.56 bits per heavy atom. The van der Waals surface area contributed by atoms with Crippen molar-refractivity contribution in [3.8, 4) is 0 Å². The van der Waals surface area contributed by atoms with Crippen LogP contribution in [-0.2, 0) is 4.74 Å². The highest BCUT2D eigenvalue weighted by Gasteiger charge is 2.19. The number of halogens is 1. The Bertz CT molecular complexity index is 375. The summed E-state index contributed by atoms with van der Waals surface area (Å²) in [5, 5.41) is 3.52. The van der Waals surface area contributed by atoms with Crippen LogP contribution in [0.15, 0.2) is 27.8 Å². The Morgan fingerprint density at radius 2 is 2.44 bits per heavy atom. The van der Waals surface area contributed by atoms with E-state index in [9.17, 15) is 0 Å². The fourth-order valence-electron chi connectivity index (χ4n) is 1.90. The SMILES string of the molecule is CCNC(C1=COCCC1)c1ccc(Br)s1. The lowest BCUT2D eigenvalue weighted by molar-refractivity contribution is 0.219. The number of thiophene rings is 1. The molecule has 88 valence electrons. The van der Waals surface area contributed by atoms with Crippen molar-refractivity contribution in [1.29, 1.82) is 0 Å². The van der Waals surface area contributed by atoms with Crippen LogP contribution in [0, 0.1) is 0 Å². The van der Waals surface area contributed by atoms with E-state index in [0.29, 0.717) is 6.04 Å². The summed E-state index contributed by atoms with van der Waals surface area (Å²) in [5.74, 6) is 0. The molecule has 4 heteroatoms. The van der Waals surface area contributed by atoms with Crippen molar-refractivity contribution in [3.63, 3.8) is 0 Å². The van der Waals surface area contributed by atoms with Gasteiger partial charge in [-0.25, -0.2) is 0 Å². The van der Waals surface area contributed by atoms with E-state index in [4.69, 9.17) is 4.74 Å². The van der Waals surface area contributed by atoms with Gasteiger partial charge in [0.25, 0.3) is 0 Å². The second kappa shape index (κ2) is 5.84. The molecular weight excluding hydrogens is 286 g/mol. The highest BCUT2D eigenvalue weighted by molar-refractivity contribution is 9.11. The molecule has 1 N–H and O–H groups in total. The number of ether oxygens (including phenoxy) is 1. The van der Waals surface area contributed by atoms with Crippen molar-refractivity contribution in [3.05, 3.63) is 32.6 Å². The molecular formula is C12H16BrNOS. The number of likely N-dealkylation sites (N-methyl/N-ethyl adjacent to an activating group) is 1. The standard InChI is InChI=1S/C12H16BrNOS/c1-2-14-12(9-4-3-7-15-8-9)10-5-6-11(13)16-10/h5-6,8,12,14H,2-4,7H2,1H3. The Labute approximate surface area is 109 Å². The van der Waals surface area contributed by atoms with Gasteiger partial charge in [0.1, 0.15) is 0 Å². The molecule has 1 aromatic rings. The summed E-state index contributed by atoms with van der Waals surface area (Å²) in [7, 11) is 0. The Hall–Kier alpha value is -0.320. The van der Waals surface area contributed by atoms with E-state index in [1.54, 1.807) is 11.3 Å². The van der Waals surface area contributed by atoms with Gasteiger partial charge in [0.2, 0.25) is 0 Å². The largest absolute Gasteiger partial charge is 0.501 e. The van der Waals surface area contributed by atoms with Crippen LogP contribution in [0.1, 0.15) is 30.7 Å². The van der Waals surface area contributed by atoms with Crippen LogP contribution >= 0.6 is 27.3 Å². The average molecular weight is 302 g/mol. The predicted molar refractivity (Wildman–Crippen MR) is 71.7 cm³/mol. The summed E-state index contributed by atoms with van der Waals surface area (Å²) >= 11 is 5.30. The number of hydrogen-bond donors (Lipinski definition) is 1. The number of hydrogen-bond acceptors (Lipinski definition) is 3. The third kappa shape index (κ3) is 2.87. The fourth-order valence-corrected chi connectivity index (χ4v) is 3.44. The maximum Gasteiger partial charge on any atom is 0.0876 e. The first-order chi connectivity index (χ1) is 7.81. The minimum absolute atomic E-state index is 0.321. The quantitative estimate of drug-likeness (QED) is 0.912. The summed E-state index contributed by atoms with van der Waals surface area (Å²) in [5.41, 5.74) is 1.36. The van der Waals surface area contributed by atoms with Crippen molar-refractivity contribution in [1.82, 2.24) is 5.32 Å². The van der Waals surface area contributed by atoms with Crippen LogP contribution in [0.2, 0.25) is 0 Å². The maximum atomic E-state index is 5.43. The van der Waals surface area contributed by atoms with E-state index < -0.39 is 0 Å². The van der Waals surface area contributed by atoms with Gasteiger partial charge < -0.3 is 10.1 Å². The van der Waals surface area contributed by atoms with Crippen LogP contribution in [0.25, 0.3) is 0 Å². The smallest absolute Gasteiger partial charge is 0.0876 e. The Balaban J connectivity index is 2.19. The van der Waals surface area contributed by atoms with Gasteiger partial charge in [-0.2, -0.15) is 0 Å². The normalized spacial score (nSPS) is 17.8. The molecule has 0 saturated heterocycles. The molecule has 16 heavy (non-hydrogen) atoms. The first-order valence-electron chi connectivity index (χ1n) is 5.60. The van der Waals surface area contributed by atoms with Gasteiger partial charge in [-0.1, -0.05) is 6.92 Å². The van der Waals surface area contributed by atoms with Crippen molar-refractivity contribution in [2.24, 2.45) is 0 Å². The second-order valence-electron chi connectivity index (χ2n) is 3.80.